The Balaban J connectivity index is 1.88. The van der Waals surface area contributed by atoms with Gasteiger partial charge in [0.25, 0.3) is 0 Å². The zero-order valence-corrected chi connectivity index (χ0v) is 15.4. The zero-order chi connectivity index (χ0) is 17.3. The molecular formula is C19H27NO3S. The third-order valence-corrected chi connectivity index (χ3v) is 7.48. The van der Waals surface area contributed by atoms with Gasteiger partial charge in [-0.25, -0.2) is 8.42 Å². The molecule has 2 aliphatic carbocycles. The predicted octanol–water partition coefficient (Wildman–Crippen LogP) is 4.01. The normalized spacial score (nSPS) is 25.0. The van der Waals surface area contributed by atoms with E-state index in [4.69, 9.17) is 0 Å². The molecule has 5 heteroatoms. The number of carbonyl (C=O) groups excluding carboxylic acids is 1. The summed E-state index contributed by atoms with van der Waals surface area (Å²) in [5.74, 6) is 0.638. The van der Waals surface area contributed by atoms with Gasteiger partial charge in [-0.05, 0) is 63.5 Å². The first-order valence-electron chi connectivity index (χ1n) is 9.08. The van der Waals surface area contributed by atoms with E-state index in [2.05, 4.69) is 6.92 Å². The molecule has 1 aromatic rings. The van der Waals surface area contributed by atoms with Crippen molar-refractivity contribution in [1.29, 1.82) is 0 Å². The molecule has 0 spiro atoms. The van der Waals surface area contributed by atoms with Gasteiger partial charge in [0, 0.05) is 17.6 Å². The third-order valence-electron chi connectivity index (χ3n) is 5.48. The van der Waals surface area contributed by atoms with Gasteiger partial charge in [-0.15, -0.1) is 0 Å². The van der Waals surface area contributed by atoms with Crippen LogP contribution in [0.25, 0.3) is 0 Å². The van der Waals surface area contributed by atoms with Crippen molar-refractivity contribution < 1.29 is 13.2 Å². The highest BCUT2D eigenvalue weighted by Crippen LogP contribution is 2.39. The van der Waals surface area contributed by atoms with E-state index in [1.165, 1.54) is 19.4 Å². The summed E-state index contributed by atoms with van der Waals surface area (Å²) in [5, 5.41) is 0. The molecule has 1 aromatic carbocycles. The molecule has 0 amide bonds. The summed E-state index contributed by atoms with van der Waals surface area (Å²) in [6.07, 6.45) is 7.25. The molecule has 0 saturated heterocycles. The van der Waals surface area contributed by atoms with Gasteiger partial charge in [-0.3, -0.25) is 4.79 Å². The van der Waals surface area contributed by atoms with Gasteiger partial charge < -0.3 is 0 Å². The molecule has 0 aromatic heterocycles. The predicted molar refractivity (Wildman–Crippen MR) is 94.5 cm³/mol. The van der Waals surface area contributed by atoms with Crippen molar-refractivity contribution in [2.24, 2.45) is 5.92 Å². The van der Waals surface area contributed by atoms with Crippen molar-refractivity contribution in [2.45, 2.75) is 75.8 Å². The minimum atomic E-state index is -3.54. The summed E-state index contributed by atoms with van der Waals surface area (Å²) in [6.45, 7) is 3.68. The SMILES string of the molecule is CCC1CCC(N(C2CC2)S(=O)(=O)c2cccc(C(C)=O)c2)CC1. The Kier molecular flexibility index (Phi) is 5.11. The van der Waals surface area contributed by atoms with Crippen LogP contribution in [0.4, 0.5) is 0 Å². The average Bonchev–Trinajstić information content (AvgIpc) is 3.40. The molecule has 24 heavy (non-hydrogen) atoms. The molecule has 0 bridgehead atoms. The lowest BCUT2D eigenvalue weighted by Gasteiger charge is -2.36. The standard InChI is InChI=1S/C19H27NO3S/c1-3-15-7-9-17(10-8-15)20(18-11-12-18)24(22,23)19-6-4-5-16(13-19)14(2)21/h4-6,13,15,17-18H,3,7-12H2,1-2H3. The Bertz CT molecular complexity index is 701. The number of hydrogen-bond donors (Lipinski definition) is 0. The lowest BCUT2D eigenvalue weighted by molar-refractivity contribution is 0.101. The molecule has 0 unspecified atom stereocenters. The van der Waals surface area contributed by atoms with Crippen LogP contribution in [-0.4, -0.2) is 30.6 Å². The van der Waals surface area contributed by atoms with Crippen molar-refractivity contribution >= 4 is 15.8 Å². The van der Waals surface area contributed by atoms with Gasteiger partial charge in [0.05, 0.1) is 4.90 Å². The van der Waals surface area contributed by atoms with Crippen molar-refractivity contribution in [3.8, 4) is 0 Å². The fourth-order valence-electron chi connectivity index (χ4n) is 3.82. The summed E-state index contributed by atoms with van der Waals surface area (Å²) in [7, 11) is -3.54. The Morgan fingerprint density at radius 3 is 2.17 bits per heavy atom. The first kappa shape index (κ1) is 17.6. The quantitative estimate of drug-likeness (QED) is 0.729. The molecule has 3 rings (SSSR count). The number of ketones is 1. The zero-order valence-electron chi connectivity index (χ0n) is 14.6. The highest BCUT2D eigenvalue weighted by atomic mass is 32.2. The number of benzene rings is 1. The van der Waals surface area contributed by atoms with E-state index in [1.54, 1.807) is 22.5 Å². The Morgan fingerprint density at radius 2 is 1.67 bits per heavy atom. The molecule has 4 nitrogen and oxygen atoms in total. The lowest BCUT2D eigenvalue weighted by Crippen LogP contribution is -2.43. The number of carbonyl (C=O) groups is 1. The van der Waals surface area contributed by atoms with Crippen LogP contribution in [0.5, 0.6) is 0 Å². The minimum absolute atomic E-state index is 0.103. The second kappa shape index (κ2) is 6.96. The fraction of sp³-hybridized carbons (Fsp3) is 0.632. The van der Waals surface area contributed by atoms with Crippen LogP contribution >= 0.6 is 0 Å². The van der Waals surface area contributed by atoms with E-state index in [0.717, 1.165) is 44.4 Å². The molecule has 2 aliphatic rings. The van der Waals surface area contributed by atoms with Crippen molar-refractivity contribution in [3.63, 3.8) is 0 Å². The van der Waals surface area contributed by atoms with Crippen molar-refractivity contribution in [1.82, 2.24) is 4.31 Å². The molecule has 0 N–H and O–H groups in total. The molecule has 2 saturated carbocycles. The van der Waals surface area contributed by atoms with E-state index in [9.17, 15) is 13.2 Å². The molecule has 0 radical (unpaired) electrons. The minimum Gasteiger partial charge on any atom is -0.295 e. The number of hydrogen-bond acceptors (Lipinski definition) is 3. The first-order valence-corrected chi connectivity index (χ1v) is 10.5. The summed E-state index contributed by atoms with van der Waals surface area (Å²) in [5.41, 5.74) is 0.460. The van der Waals surface area contributed by atoms with Gasteiger partial charge in [0.1, 0.15) is 0 Å². The summed E-state index contributed by atoms with van der Waals surface area (Å²) in [6, 6.07) is 6.77. The van der Waals surface area contributed by atoms with Crippen LogP contribution in [-0.2, 0) is 10.0 Å². The van der Waals surface area contributed by atoms with Crippen molar-refractivity contribution in [3.05, 3.63) is 29.8 Å². The van der Waals surface area contributed by atoms with Gasteiger partial charge in [-0.1, -0.05) is 25.5 Å². The van der Waals surface area contributed by atoms with Crippen molar-refractivity contribution in [2.75, 3.05) is 0 Å². The van der Waals surface area contributed by atoms with E-state index < -0.39 is 10.0 Å². The van der Waals surface area contributed by atoms with Crippen LogP contribution in [0, 0.1) is 5.92 Å². The van der Waals surface area contributed by atoms with Crippen LogP contribution in [0.3, 0.4) is 0 Å². The second-order valence-corrected chi connectivity index (χ2v) is 9.08. The van der Waals surface area contributed by atoms with Gasteiger partial charge in [-0.2, -0.15) is 4.31 Å². The molecule has 0 aliphatic heterocycles. The Hall–Kier alpha value is -1.20. The average molecular weight is 349 g/mol. The number of rotatable bonds is 6. The largest absolute Gasteiger partial charge is 0.295 e. The molecule has 2 fully saturated rings. The first-order chi connectivity index (χ1) is 11.4. The maximum absolute atomic E-state index is 13.3. The van der Waals surface area contributed by atoms with E-state index >= 15 is 0 Å². The van der Waals surface area contributed by atoms with Gasteiger partial charge >= 0.3 is 0 Å². The third kappa shape index (κ3) is 3.57. The van der Waals surface area contributed by atoms with Crippen LogP contribution in [0.1, 0.15) is 69.2 Å². The highest BCUT2D eigenvalue weighted by Gasteiger charge is 2.43. The van der Waals surface area contributed by atoms with E-state index in [-0.39, 0.29) is 22.8 Å². The second-order valence-electron chi connectivity index (χ2n) is 7.23. The van der Waals surface area contributed by atoms with Gasteiger partial charge in [0.2, 0.25) is 10.0 Å². The monoisotopic (exact) mass is 349 g/mol. The maximum atomic E-state index is 13.3. The molecule has 0 heterocycles. The van der Waals surface area contributed by atoms with Crippen LogP contribution < -0.4 is 0 Å². The maximum Gasteiger partial charge on any atom is 0.243 e. The van der Waals surface area contributed by atoms with Crippen LogP contribution in [0.15, 0.2) is 29.2 Å². The molecular weight excluding hydrogens is 322 g/mol. The van der Waals surface area contributed by atoms with E-state index in [0.29, 0.717) is 5.56 Å². The van der Waals surface area contributed by atoms with Crippen LogP contribution in [0.2, 0.25) is 0 Å². The Morgan fingerprint density at radius 1 is 1.08 bits per heavy atom. The van der Waals surface area contributed by atoms with Gasteiger partial charge in [0.15, 0.2) is 5.78 Å². The number of nitrogens with zero attached hydrogens (tertiary/aromatic N) is 1. The highest BCUT2D eigenvalue weighted by molar-refractivity contribution is 7.89. The Labute approximate surface area is 145 Å². The molecule has 132 valence electrons. The summed E-state index contributed by atoms with van der Waals surface area (Å²) < 4.78 is 28.3. The molecule has 0 atom stereocenters. The topological polar surface area (TPSA) is 54.5 Å². The van der Waals surface area contributed by atoms with E-state index in [1.807, 2.05) is 0 Å². The lowest BCUT2D eigenvalue weighted by atomic mass is 9.84. The summed E-state index contributed by atoms with van der Waals surface area (Å²) >= 11 is 0. The summed E-state index contributed by atoms with van der Waals surface area (Å²) in [4.78, 5) is 11.9. The number of Topliss-reactive ketones (excluding diaryl/α,β-unsaturated/α-hetero) is 1. The fourth-order valence-corrected chi connectivity index (χ4v) is 5.80. The smallest absolute Gasteiger partial charge is 0.243 e. The number of sulfonamides is 1.